The van der Waals surface area contributed by atoms with Crippen molar-refractivity contribution in [1.29, 1.82) is 0 Å². The van der Waals surface area contributed by atoms with Crippen molar-refractivity contribution in [2.75, 3.05) is 26.7 Å². The number of rotatable bonds is 5. The van der Waals surface area contributed by atoms with Gasteiger partial charge in [-0.15, -0.1) is 0 Å². The van der Waals surface area contributed by atoms with Gasteiger partial charge in [-0.2, -0.15) is 0 Å². The number of ether oxygens (including phenoxy) is 1. The molecule has 0 atom stereocenters. The zero-order chi connectivity index (χ0) is 16.7. The summed E-state index contributed by atoms with van der Waals surface area (Å²) in [6, 6.07) is 7.95. The SMILES string of the molecule is CNC(=O)COC(=O)NC1CCN(Cc2ccc(Cl)cc2)CC1. The standard InChI is InChI=1S/C16H22ClN3O3/c1-18-15(21)11-23-16(22)19-14-6-8-20(9-7-14)10-12-2-4-13(17)5-3-12/h2-5,14H,6-11H2,1H3,(H,18,21)(H,19,22). The largest absolute Gasteiger partial charge is 0.439 e. The summed E-state index contributed by atoms with van der Waals surface area (Å²) in [6.07, 6.45) is 1.19. The Labute approximate surface area is 141 Å². The Morgan fingerprint density at radius 2 is 1.91 bits per heavy atom. The summed E-state index contributed by atoms with van der Waals surface area (Å²) < 4.78 is 4.84. The highest BCUT2D eigenvalue weighted by molar-refractivity contribution is 6.30. The van der Waals surface area contributed by atoms with Gasteiger partial charge in [0, 0.05) is 37.7 Å². The first-order valence-electron chi connectivity index (χ1n) is 7.67. The molecule has 2 amide bonds. The number of carbonyl (C=O) groups is 2. The molecule has 1 aromatic rings. The van der Waals surface area contributed by atoms with Crippen molar-refractivity contribution in [3.8, 4) is 0 Å². The number of piperidine rings is 1. The zero-order valence-corrected chi connectivity index (χ0v) is 13.9. The van der Waals surface area contributed by atoms with Crippen LogP contribution in [0, 0.1) is 0 Å². The highest BCUT2D eigenvalue weighted by atomic mass is 35.5. The van der Waals surface area contributed by atoms with Gasteiger partial charge in [-0.3, -0.25) is 9.69 Å². The topological polar surface area (TPSA) is 70.7 Å². The zero-order valence-electron chi connectivity index (χ0n) is 13.2. The summed E-state index contributed by atoms with van der Waals surface area (Å²) in [5.41, 5.74) is 1.23. The number of alkyl carbamates (subject to hydrolysis) is 1. The second-order valence-electron chi connectivity index (χ2n) is 5.57. The minimum Gasteiger partial charge on any atom is -0.439 e. The average Bonchev–Trinajstić information content (AvgIpc) is 2.56. The maximum Gasteiger partial charge on any atom is 0.407 e. The molecule has 7 heteroatoms. The monoisotopic (exact) mass is 339 g/mol. The van der Waals surface area contributed by atoms with E-state index in [9.17, 15) is 9.59 Å². The average molecular weight is 340 g/mol. The van der Waals surface area contributed by atoms with Crippen molar-refractivity contribution < 1.29 is 14.3 Å². The number of likely N-dealkylation sites (tertiary alicyclic amines) is 1. The van der Waals surface area contributed by atoms with Crippen molar-refractivity contribution in [1.82, 2.24) is 15.5 Å². The minimum atomic E-state index is -0.537. The fourth-order valence-electron chi connectivity index (χ4n) is 2.50. The Balaban J connectivity index is 1.68. The molecule has 0 aliphatic carbocycles. The number of nitrogens with one attached hydrogen (secondary N) is 2. The van der Waals surface area contributed by atoms with Crippen molar-refractivity contribution in [3.63, 3.8) is 0 Å². The number of hydrogen-bond donors (Lipinski definition) is 2. The molecule has 1 aliphatic heterocycles. The van der Waals surface area contributed by atoms with Gasteiger partial charge in [-0.05, 0) is 30.5 Å². The van der Waals surface area contributed by atoms with Gasteiger partial charge in [0.15, 0.2) is 6.61 Å². The van der Waals surface area contributed by atoms with E-state index >= 15 is 0 Å². The highest BCUT2D eigenvalue weighted by Gasteiger charge is 2.21. The van der Waals surface area contributed by atoms with Crippen molar-refractivity contribution in [3.05, 3.63) is 34.9 Å². The van der Waals surface area contributed by atoms with Gasteiger partial charge in [-0.1, -0.05) is 23.7 Å². The Hall–Kier alpha value is -1.79. The Kier molecular flexibility index (Phi) is 6.67. The molecule has 1 heterocycles. The van der Waals surface area contributed by atoms with Crippen molar-refractivity contribution in [2.45, 2.75) is 25.4 Å². The van der Waals surface area contributed by atoms with Gasteiger partial charge < -0.3 is 15.4 Å². The lowest BCUT2D eigenvalue weighted by Gasteiger charge is -2.32. The Morgan fingerprint density at radius 1 is 1.26 bits per heavy atom. The van der Waals surface area contributed by atoms with E-state index in [0.29, 0.717) is 0 Å². The molecule has 0 radical (unpaired) electrons. The van der Waals surface area contributed by atoms with E-state index < -0.39 is 6.09 Å². The summed E-state index contributed by atoms with van der Waals surface area (Å²) >= 11 is 5.89. The fraction of sp³-hybridized carbons (Fsp3) is 0.500. The molecule has 0 spiro atoms. The van der Waals surface area contributed by atoms with Crippen LogP contribution in [-0.2, 0) is 16.1 Å². The quantitative estimate of drug-likeness (QED) is 0.858. The number of carbonyl (C=O) groups excluding carboxylic acids is 2. The Morgan fingerprint density at radius 3 is 2.52 bits per heavy atom. The van der Waals surface area contributed by atoms with Crippen LogP contribution in [0.5, 0.6) is 0 Å². The van der Waals surface area contributed by atoms with Crippen LogP contribution in [-0.4, -0.2) is 49.7 Å². The van der Waals surface area contributed by atoms with Crippen molar-refractivity contribution >= 4 is 23.6 Å². The van der Waals surface area contributed by atoms with Crippen LogP contribution in [0.15, 0.2) is 24.3 Å². The lowest BCUT2D eigenvalue weighted by molar-refractivity contribution is -0.123. The van der Waals surface area contributed by atoms with E-state index in [-0.39, 0.29) is 18.6 Å². The molecule has 2 rings (SSSR count). The number of amides is 2. The third-order valence-electron chi connectivity index (χ3n) is 3.84. The molecule has 23 heavy (non-hydrogen) atoms. The van der Waals surface area contributed by atoms with Crippen LogP contribution < -0.4 is 10.6 Å². The number of likely N-dealkylation sites (N-methyl/N-ethyl adjacent to an activating group) is 1. The molecule has 1 aromatic carbocycles. The molecule has 0 saturated carbocycles. The van der Waals surface area contributed by atoms with Crippen LogP contribution in [0.1, 0.15) is 18.4 Å². The third kappa shape index (κ3) is 6.08. The molecule has 1 saturated heterocycles. The summed E-state index contributed by atoms with van der Waals surface area (Å²) in [5.74, 6) is -0.321. The fourth-order valence-corrected chi connectivity index (χ4v) is 2.62. The normalized spacial score (nSPS) is 15.9. The van der Waals surface area contributed by atoms with Crippen molar-refractivity contribution in [2.24, 2.45) is 0 Å². The molecule has 0 bridgehead atoms. The molecule has 1 aliphatic rings. The summed E-state index contributed by atoms with van der Waals surface area (Å²) in [4.78, 5) is 25.0. The molecule has 0 aromatic heterocycles. The highest BCUT2D eigenvalue weighted by Crippen LogP contribution is 2.16. The first-order valence-corrected chi connectivity index (χ1v) is 8.05. The molecule has 1 fully saturated rings. The summed E-state index contributed by atoms with van der Waals surface area (Å²) in [5, 5.41) is 5.94. The number of hydrogen-bond acceptors (Lipinski definition) is 4. The molecular formula is C16H22ClN3O3. The Bertz CT molecular complexity index is 528. The molecule has 0 unspecified atom stereocenters. The van der Waals surface area contributed by atoms with E-state index in [2.05, 4.69) is 15.5 Å². The van der Waals surface area contributed by atoms with E-state index in [4.69, 9.17) is 16.3 Å². The van der Waals surface area contributed by atoms with Crippen LogP contribution >= 0.6 is 11.6 Å². The summed E-state index contributed by atoms with van der Waals surface area (Å²) in [6.45, 7) is 2.44. The molecular weight excluding hydrogens is 318 g/mol. The second-order valence-corrected chi connectivity index (χ2v) is 6.01. The molecule has 6 nitrogen and oxygen atoms in total. The van der Waals surface area contributed by atoms with Crippen LogP contribution in [0.3, 0.4) is 0 Å². The van der Waals surface area contributed by atoms with Gasteiger partial charge in [-0.25, -0.2) is 4.79 Å². The van der Waals surface area contributed by atoms with E-state index in [1.54, 1.807) is 0 Å². The second kappa shape index (κ2) is 8.74. The van der Waals surface area contributed by atoms with E-state index in [1.807, 2.05) is 24.3 Å². The molecule has 2 N–H and O–H groups in total. The predicted molar refractivity (Wildman–Crippen MR) is 88.3 cm³/mol. The first-order chi connectivity index (χ1) is 11.1. The number of nitrogens with zero attached hydrogens (tertiary/aromatic N) is 1. The van der Waals surface area contributed by atoms with Gasteiger partial charge >= 0.3 is 6.09 Å². The lowest BCUT2D eigenvalue weighted by atomic mass is 10.0. The maximum absolute atomic E-state index is 11.6. The molecule has 126 valence electrons. The maximum atomic E-state index is 11.6. The van der Waals surface area contributed by atoms with Gasteiger partial charge in [0.2, 0.25) is 0 Å². The lowest BCUT2D eigenvalue weighted by Crippen LogP contribution is -2.45. The smallest absolute Gasteiger partial charge is 0.407 e. The predicted octanol–water partition coefficient (Wildman–Crippen LogP) is 1.78. The van der Waals surface area contributed by atoms with E-state index in [1.165, 1.54) is 12.6 Å². The van der Waals surface area contributed by atoms with Crippen LogP contribution in [0.25, 0.3) is 0 Å². The van der Waals surface area contributed by atoms with Gasteiger partial charge in [0.05, 0.1) is 0 Å². The van der Waals surface area contributed by atoms with Gasteiger partial charge in [0.1, 0.15) is 0 Å². The number of halogens is 1. The van der Waals surface area contributed by atoms with E-state index in [0.717, 1.165) is 37.5 Å². The first kappa shape index (κ1) is 17.6. The van der Waals surface area contributed by atoms with Crippen LogP contribution in [0.2, 0.25) is 5.02 Å². The van der Waals surface area contributed by atoms with Gasteiger partial charge in [0.25, 0.3) is 5.91 Å². The number of benzene rings is 1. The third-order valence-corrected chi connectivity index (χ3v) is 4.09. The summed E-state index contributed by atoms with van der Waals surface area (Å²) in [7, 11) is 1.50. The minimum absolute atomic E-state index is 0.0913. The van der Waals surface area contributed by atoms with Crippen LogP contribution in [0.4, 0.5) is 4.79 Å².